The number of piperidine rings is 1. The second kappa shape index (κ2) is 11.2. The first-order valence-electron chi connectivity index (χ1n) is 13.2. The maximum atomic E-state index is 13.6. The van der Waals surface area contributed by atoms with Crippen LogP contribution in [0.15, 0.2) is 83.8 Å². The molecule has 0 atom stereocenters. The van der Waals surface area contributed by atoms with Crippen molar-refractivity contribution in [2.75, 3.05) is 39.3 Å². The number of aryl methyl sites for hydroxylation is 1. The second-order valence-corrected chi connectivity index (χ2v) is 11.9. The third kappa shape index (κ3) is 5.49. The number of hydrogen-bond acceptors (Lipinski definition) is 4. The Labute approximate surface area is 220 Å². The number of piperazine rings is 1. The summed E-state index contributed by atoms with van der Waals surface area (Å²) in [5.41, 5.74) is 3.76. The highest BCUT2D eigenvalue weighted by molar-refractivity contribution is 7.89. The van der Waals surface area contributed by atoms with Crippen LogP contribution in [0, 0.1) is 6.92 Å². The van der Waals surface area contributed by atoms with E-state index in [4.69, 9.17) is 0 Å². The van der Waals surface area contributed by atoms with Gasteiger partial charge in [-0.25, -0.2) is 8.42 Å². The molecular weight excluding hydrogens is 482 g/mol. The van der Waals surface area contributed by atoms with Crippen LogP contribution in [-0.2, 0) is 10.0 Å². The van der Waals surface area contributed by atoms with Crippen LogP contribution < -0.4 is 0 Å². The molecule has 7 heteroatoms. The van der Waals surface area contributed by atoms with Gasteiger partial charge in [-0.2, -0.15) is 4.31 Å². The summed E-state index contributed by atoms with van der Waals surface area (Å²) in [7, 11) is -3.59. The van der Waals surface area contributed by atoms with Crippen molar-refractivity contribution in [1.82, 2.24) is 14.1 Å². The predicted octanol–water partition coefficient (Wildman–Crippen LogP) is 4.72. The van der Waals surface area contributed by atoms with Crippen molar-refractivity contribution in [3.63, 3.8) is 0 Å². The van der Waals surface area contributed by atoms with Crippen molar-refractivity contribution in [3.05, 3.63) is 101 Å². The van der Waals surface area contributed by atoms with Crippen molar-refractivity contribution < 1.29 is 13.2 Å². The average molecular weight is 518 g/mol. The molecule has 194 valence electrons. The molecule has 2 aliphatic heterocycles. The number of nitrogens with zero attached hydrogens (tertiary/aromatic N) is 3. The van der Waals surface area contributed by atoms with Gasteiger partial charge in [-0.15, -0.1) is 0 Å². The van der Waals surface area contributed by atoms with E-state index in [0.717, 1.165) is 37.9 Å². The summed E-state index contributed by atoms with van der Waals surface area (Å²) in [6, 6.07) is 26.1. The predicted molar refractivity (Wildman–Crippen MR) is 146 cm³/mol. The third-order valence-electron chi connectivity index (χ3n) is 7.59. The van der Waals surface area contributed by atoms with E-state index in [9.17, 15) is 13.2 Å². The number of carbonyl (C=O) groups is 1. The Morgan fingerprint density at radius 3 is 1.86 bits per heavy atom. The lowest BCUT2D eigenvalue weighted by Gasteiger charge is -2.40. The topological polar surface area (TPSA) is 60.9 Å². The van der Waals surface area contributed by atoms with Crippen LogP contribution >= 0.6 is 0 Å². The molecule has 0 spiro atoms. The molecule has 0 saturated carbocycles. The lowest BCUT2D eigenvalue weighted by Crippen LogP contribution is -2.50. The number of carbonyl (C=O) groups excluding carboxylic acids is 1. The smallest absolute Gasteiger partial charge is 0.254 e. The van der Waals surface area contributed by atoms with Gasteiger partial charge in [-0.1, -0.05) is 73.2 Å². The highest BCUT2D eigenvalue weighted by atomic mass is 32.2. The monoisotopic (exact) mass is 517 g/mol. The molecule has 6 nitrogen and oxygen atoms in total. The molecule has 0 radical (unpaired) electrons. The zero-order valence-corrected chi connectivity index (χ0v) is 22.2. The Kier molecular flexibility index (Phi) is 7.74. The van der Waals surface area contributed by atoms with Crippen LogP contribution in [0.25, 0.3) is 0 Å². The Morgan fingerprint density at radius 2 is 1.30 bits per heavy atom. The molecule has 2 heterocycles. The van der Waals surface area contributed by atoms with Gasteiger partial charge in [0, 0.05) is 44.8 Å². The highest BCUT2D eigenvalue weighted by Crippen LogP contribution is 2.30. The third-order valence-corrected chi connectivity index (χ3v) is 9.48. The second-order valence-electron chi connectivity index (χ2n) is 9.99. The maximum Gasteiger partial charge on any atom is 0.254 e. The molecule has 0 aliphatic carbocycles. The Morgan fingerprint density at radius 1 is 0.730 bits per heavy atom. The van der Waals surface area contributed by atoms with Gasteiger partial charge in [-0.3, -0.25) is 9.69 Å². The molecule has 0 N–H and O–H groups in total. The average Bonchev–Trinajstić information content (AvgIpc) is 2.95. The van der Waals surface area contributed by atoms with Gasteiger partial charge in [0.05, 0.1) is 10.9 Å². The van der Waals surface area contributed by atoms with Crippen LogP contribution in [0.1, 0.15) is 52.4 Å². The van der Waals surface area contributed by atoms with E-state index in [2.05, 4.69) is 53.4 Å². The number of benzene rings is 3. The van der Waals surface area contributed by atoms with Crippen LogP contribution in [0.2, 0.25) is 0 Å². The molecule has 2 fully saturated rings. The summed E-state index contributed by atoms with van der Waals surface area (Å²) >= 11 is 0. The minimum absolute atomic E-state index is 0.0937. The molecule has 0 unspecified atom stereocenters. The van der Waals surface area contributed by atoms with Crippen molar-refractivity contribution in [2.45, 2.75) is 37.1 Å². The number of sulfonamides is 1. The SMILES string of the molecule is Cc1ccc(S(=O)(=O)N2CCCCC2)cc1C(=O)N1CCN(C(c2ccccc2)c2ccccc2)CC1. The van der Waals surface area contributed by atoms with Gasteiger partial charge in [-0.05, 0) is 48.6 Å². The van der Waals surface area contributed by atoms with Crippen LogP contribution in [0.5, 0.6) is 0 Å². The van der Waals surface area contributed by atoms with Crippen LogP contribution in [-0.4, -0.2) is 67.7 Å². The molecule has 3 aromatic carbocycles. The van der Waals surface area contributed by atoms with Gasteiger partial charge in [0.1, 0.15) is 0 Å². The lowest BCUT2D eigenvalue weighted by atomic mass is 9.96. The van der Waals surface area contributed by atoms with E-state index in [0.29, 0.717) is 31.7 Å². The molecule has 0 bridgehead atoms. The zero-order chi connectivity index (χ0) is 25.8. The summed E-state index contributed by atoms with van der Waals surface area (Å²) < 4.78 is 28.0. The fourth-order valence-corrected chi connectivity index (χ4v) is 7.03. The Bertz CT molecular complexity index is 1280. The van der Waals surface area contributed by atoms with Crippen molar-refractivity contribution in [2.24, 2.45) is 0 Å². The van der Waals surface area contributed by atoms with Crippen molar-refractivity contribution in [3.8, 4) is 0 Å². The summed E-state index contributed by atoms with van der Waals surface area (Å²) in [4.78, 5) is 18.1. The molecule has 0 aromatic heterocycles. The van der Waals surface area contributed by atoms with Gasteiger partial charge >= 0.3 is 0 Å². The molecule has 5 rings (SSSR count). The van der Waals surface area contributed by atoms with Crippen LogP contribution in [0.3, 0.4) is 0 Å². The standard InChI is InChI=1S/C30H35N3O3S/c1-24-15-16-27(37(35,36)33-17-9-4-10-18-33)23-28(24)30(34)32-21-19-31(20-22-32)29(25-11-5-2-6-12-25)26-13-7-3-8-14-26/h2-3,5-8,11-16,23,29H,4,9-10,17-22H2,1H3. The Balaban J connectivity index is 1.33. The largest absolute Gasteiger partial charge is 0.336 e. The van der Waals surface area contributed by atoms with E-state index in [1.807, 2.05) is 24.0 Å². The van der Waals surface area contributed by atoms with Crippen molar-refractivity contribution in [1.29, 1.82) is 0 Å². The van der Waals surface area contributed by atoms with Gasteiger partial charge in [0.25, 0.3) is 5.91 Å². The summed E-state index contributed by atoms with van der Waals surface area (Å²) in [6.07, 6.45) is 2.83. The summed E-state index contributed by atoms with van der Waals surface area (Å²) in [6.45, 7) is 5.64. The molecule has 3 aromatic rings. The van der Waals surface area contributed by atoms with Crippen molar-refractivity contribution >= 4 is 15.9 Å². The molecule has 1 amide bonds. The fourth-order valence-electron chi connectivity index (χ4n) is 5.48. The van der Waals surface area contributed by atoms with E-state index >= 15 is 0 Å². The first kappa shape index (κ1) is 25.6. The number of rotatable bonds is 6. The lowest BCUT2D eigenvalue weighted by molar-refractivity contribution is 0.0596. The summed E-state index contributed by atoms with van der Waals surface area (Å²) in [5.74, 6) is -0.0937. The first-order chi connectivity index (χ1) is 17.9. The first-order valence-corrected chi connectivity index (χ1v) is 14.6. The van der Waals surface area contributed by atoms with E-state index in [-0.39, 0.29) is 16.8 Å². The Hall–Kier alpha value is -3.00. The van der Waals surface area contributed by atoms with Gasteiger partial charge in [0.2, 0.25) is 10.0 Å². The van der Waals surface area contributed by atoms with Crippen LogP contribution in [0.4, 0.5) is 0 Å². The van der Waals surface area contributed by atoms with Gasteiger partial charge < -0.3 is 4.90 Å². The molecule has 2 aliphatic rings. The number of amides is 1. The normalized spacial score (nSPS) is 17.7. The van der Waals surface area contributed by atoms with E-state index < -0.39 is 10.0 Å². The van der Waals surface area contributed by atoms with E-state index in [1.165, 1.54) is 11.1 Å². The maximum absolute atomic E-state index is 13.6. The minimum Gasteiger partial charge on any atom is -0.336 e. The zero-order valence-electron chi connectivity index (χ0n) is 21.4. The minimum atomic E-state index is -3.59. The summed E-state index contributed by atoms with van der Waals surface area (Å²) in [5, 5.41) is 0. The quantitative estimate of drug-likeness (QED) is 0.475. The number of hydrogen-bond donors (Lipinski definition) is 0. The molecular formula is C30H35N3O3S. The molecule has 37 heavy (non-hydrogen) atoms. The highest BCUT2D eigenvalue weighted by Gasteiger charge is 2.31. The molecule has 2 saturated heterocycles. The van der Waals surface area contributed by atoms with E-state index in [1.54, 1.807) is 22.5 Å². The fraction of sp³-hybridized carbons (Fsp3) is 0.367. The van der Waals surface area contributed by atoms with Gasteiger partial charge in [0.15, 0.2) is 0 Å².